The lowest BCUT2D eigenvalue weighted by Gasteiger charge is -2.19. The molecule has 15 aromatic rings. The maximum Gasteiger partial charge on any atom is 0.413 e. The number of rotatable bonds is 22. The number of benzene rings is 9. The summed E-state index contributed by atoms with van der Waals surface area (Å²) in [6.07, 6.45) is 12.4. The Balaban J connectivity index is 0.000000161. The Morgan fingerprint density at radius 1 is 0.430 bits per heavy atom. The summed E-state index contributed by atoms with van der Waals surface area (Å²) in [4.78, 5) is 80.1. The molecule has 0 unspecified atom stereocenters. The van der Waals surface area contributed by atoms with Gasteiger partial charge in [-0.2, -0.15) is 15.3 Å². The zero-order chi connectivity index (χ0) is 90.9. The van der Waals surface area contributed by atoms with Crippen molar-refractivity contribution in [1.29, 1.82) is 0 Å². The van der Waals surface area contributed by atoms with Crippen LogP contribution < -0.4 is 46.5 Å². The van der Waals surface area contributed by atoms with Crippen LogP contribution in [0.2, 0.25) is 0 Å². The van der Waals surface area contributed by atoms with Crippen LogP contribution in [0.4, 0.5) is 44.1 Å². The number of nitrogens with two attached hydrogens (primary N) is 2. The molecule has 128 heavy (non-hydrogen) atoms. The Morgan fingerprint density at radius 3 is 1.12 bits per heavy atom. The van der Waals surface area contributed by atoms with Gasteiger partial charge in [-0.3, -0.25) is 20.2 Å². The molecule has 0 radical (unpaired) electrons. The molecule has 3 amide bonds. The van der Waals surface area contributed by atoms with Crippen molar-refractivity contribution in [2.24, 2.45) is 0 Å². The highest BCUT2D eigenvalue weighted by molar-refractivity contribution is 6.06. The highest BCUT2D eigenvalue weighted by atomic mass is 16.6. The Morgan fingerprint density at radius 2 is 0.773 bits per heavy atom. The number of nitrogens with one attached hydrogen (secondary N) is 3. The van der Waals surface area contributed by atoms with Gasteiger partial charge >= 0.3 is 12.2 Å². The minimum atomic E-state index is -0.665. The van der Waals surface area contributed by atoms with Crippen molar-refractivity contribution < 1.29 is 47.6 Å². The number of nitrogen functional groups attached to an aromatic ring is 2. The third-order valence-electron chi connectivity index (χ3n) is 18.7. The first kappa shape index (κ1) is 91.7. The summed E-state index contributed by atoms with van der Waals surface area (Å²) in [6.45, 7) is 15.9. The molecular weight excluding hydrogens is 1620 g/mol. The van der Waals surface area contributed by atoms with Crippen molar-refractivity contribution in [3.05, 3.63) is 280 Å². The van der Waals surface area contributed by atoms with Gasteiger partial charge in [0.25, 0.3) is 0 Å². The molecule has 6 aromatic heterocycles. The molecule has 1 aliphatic rings. The molecule has 1 aliphatic heterocycles. The van der Waals surface area contributed by atoms with Crippen LogP contribution in [0.25, 0.3) is 83.9 Å². The number of hydrogen-bond donors (Lipinski definition) is 5. The third kappa shape index (κ3) is 25.6. The fourth-order valence-electron chi connectivity index (χ4n) is 12.7. The molecule has 0 atom stereocenters. The van der Waals surface area contributed by atoms with Crippen LogP contribution in [0.3, 0.4) is 0 Å². The third-order valence-corrected chi connectivity index (χ3v) is 18.7. The van der Waals surface area contributed by atoms with E-state index in [9.17, 15) is 19.2 Å². The fraction of sp³-hybridized carbons (Fsp3) is 0.214. The van der Waals surface area contributed by atoms with Crippen molar-refractivity contribution in [3.8, 4) is 85.3 Å². The molecule has 0 bridgehead atoms. The predicted molar refractivity (Wildman–Crippen MR) is 503 cm³/mol. The van der Waals surface area contributed by atoms with Crippen molar-refractivity contribution in [2.75, 3.05) is 101 Å². The Bertz CT molecular complexity index is 6250. The van der Waals surface area contributed by atoms with E-state index in [1.807, 2.05) is 282 Å². The van der Waals surface area contributed by atoms with Crippen molar-refractivity contribution in [3.63, 3.8) is 0 Å². The summed E-state index contributed by atoms with van der Waals surface area (Å²) in [5.41, 5.74) is 21.5. The zero-order valence-electron chi connectivity index (χ0n) is 73.7. The fourth-order valence-corrected chi connectivity index (χ4v) is 12.7. The lowest BCUT2D eigenvalue weighted by molar-refractivity contribution is -0.114. The number of ketones is 1. The molecule has 16 rings (SSSR count). The quantitative estimate of drug-likeness (QED) is 0.0311. The number of anilines is 6. The van der Waals surface area contributed by atoms with Crippen LogP contribution in [0, 0.1) is 0 Å². The number of allylic oxidation sites excluding steroid dienone is 1. The van der Waals surface area contributed by atoms with E-state index in [1.165, 1.54) is 31.8 Å². The van der Waals surface area contributed by atoms with E-state index >= 15 is 0 Å². The molecule has 30 nitrogen and oxygen atoms in total. The molecule has 0 spiro atoms. The Hall–Kier alpha value is -15.5. The predicted octanol–water partition coefficient (Wildman–Crippen LogP) is 19.3. The summed E-state index contributed by atoms with van der Waals surface area (Å²) in [7, 11) is 11.4. The van der Waals surface area contributed by atoms with Gasteiger partial charge < -0.3 is 59.9 Å². The molecular formula is C98H104N20O10. The van der Waals surface area contributed by atoms with Gasteiger partial charge in [0.2, 0.25) is 5.91 Å². The van der Waals surface area contributed by atoms with Gasteiger partial charge in [-0.15, -0.1) is 0 Å². The smallest absolute Gasteiger partial charge is 0.413 e. The van der Waals surface area contributed by atoms with Gasteiger partial charge in [0.05, 0.1) is 33.2 Å². The second-order valence-electron chi connectivity index (χ2n) is 31.7. The highest BCUT2D eigenvalue weighted by Crippen LogP contribution is 2.39. The van der Waals surface area contributed by atoms with E-state index in [1.54, 1.807) is 98.7 Å². The van der Waals surface area contributed by atoms with Gasteiger partial charge in [-0.1, -0.05) is 66.7 Å². The first-order valence-electron chi connectivity index (χ1n) is 41.3. The highest BCUT2D eigenvalue weighted by Gasteiger charge is 2.27. The number of para-hydroxylation sites is 3. The monoisotopic (exact) mass is 1720 g/mol. The summed E-state index contributed by atoms with van der Waals surface area (Å²) >= 11 is 0. The Labute approximate surface area is 742 Å². The maximum atomic E-state index is 12.6. The van der Waals surface area contributed by atoms with Gasteiger partial charge in [-0.05, 0) is 278 Å². The van der Waals surface area contributed by atoms with Gasteiger partial charge in [-0.25, -0.2) is 53.5 Å². The maximum absolute atomic E-state index is 12.6. The summed E-state index contributed by atoms with van der Waals surface area (Å²) < 4.78 is 38.8. The number of likely N-dealkylation sites (N-methyl/N-ethyl adjacent to an activating group) is 3. The first-order valence-corrected chi connectivity index (χ1v) is 41.3. The normalized spacial score (nSPS) is 11.8. The molecule has 656 valence electrons. The number of nitrogens with zero attached hydrogens (tertiary/aromatic N) is 15. The summed E-state index contributed by atoms with van der Waals surface area (Å²) in [6, 6.07) is 74.1. The number of carbonyl (C=O) groups is 4. The van der Waals surface area contributed by atoms with E-state index in [4.69, 9.17) is 55.2 Å². The molecule has 0 aliphatic carbocycles. The molecule has 1 saturated heterocycles. The van der Waals surface area contributed by atoms with Crippen LogP contribution in [-0.4, -0.2) is 173 Å². The standard InChI is InChI=1S/C30H29N7O2.C29H28N6O3.C28H26N6O3.C7H13NO.C4H8O/c1-35(2)19-7-10-26(38)36(3)22-13-15-23(16-14-22)37-30-27(29(31)32-20-33-30)28(34-37)21-11-17-25(18-12-21)39-24-8-5-4-6-9-24;1-29(2,3)38-28(36)33-26-24-25(19-10-16-23(17-11-19)37-22-8-6-5-7-9-22)34-35(27(24)32-18-31-26)21-14-12-20(30-4)13-15-21;1-28(2,3)37-27(35)32-25-23-24(18-9-15-22(16-10-18)36-21-7-5-4-6-8-21)33-34(26(23)31-17-30-25)20-13-11-19(29)12-14-20;1-7(9)5-4-6-8(2)3;1-2-4-5-3-1/h4-18,20H,19H2,1-3H3,(H2,31,32,33);5-18,30H,1-4H3,(H,31,32,33,36);4-17H,29H2,1-3H3,(H,30,31,32,35);4-5H,6H2,1-3H3;1-4H2/b10-7+;;;5-4+;. The lowest BCUT2D eigenvalue weighted by Crippen LogP contribution is -2.27. The van der Waals surface area contributed by atoms with Crippen molar-refractivity contribution in [2.45, 2.75) is 72.5 Å². The first-order chi connectivity index (χ1) is 61.6. The number of hydrogen-bond acceptors (Lipinski definition) is 24. The largest absolute Gasteiger partial charge is 0.457 e. The van der Waals surface area contributed by atoms with E-state index in [2.05, 4.69) is 45.9 Å². The number of aromatic nitrogens is 12. The molecule has 9 aromatic carbocycles. The number of fused-ring (bicyclic) bond motifs is 3. The van der Waals surface area contributed by atoms with Gasteiger partial charge in [0.1, 0.15) is 87.6 Å². The topological polar surface area (TPSA) is 352 Å². The second kappa shape index (κ2) is 43.2. The van der Waals surface area contributed by atoms with E-state index in [0.29, 0.717) is 97.1 Å². The lowest BCUT2D eigenvalue weighted by atomic mass is 10.1. The van der Waals surface area contributed by atoms with Crippen LogP contribution >= 0.6 is 0 Å². The van der Waals surface area contributed by atoms with Crippen molar-refractivity contribution in [1.82, 2.24) is 69.0 Å². The van der Waals surface area contributed by atoms with Crippen LogP contribution in [0.1, 0.15) is 61.3 Å². The summed E-state index contributed by atoms with van der Waals surface area (Å²) in [5.74, 6) is 5.29. The number of ether oxygens (including phenoxy) is 6. The SMILES string of the molecule is C1CCOC1.CC(=O)/C=C/CN(C)C.CC(C)(C)OC(=O)Nc1ncnc2c1c(-c1ccc(Oc3ccccc3)cc1)nn2-c1ccc(N)cc1.CN(C)C/C=C/C(=O)N(C)c1ccc(-n2nc(-c3ccc(Oc4ccccc4)cc3)c3c(N)ncnc32)cc1.CNc1ccc(-n2nc(-c3ccc(Oc4ccccc4)cc3)c3c(NC(=O)OC(C)(C)C)ncnc32)cc1. The molecule has 1 fully saturated rings. The Kier molecular flexibility index (Phi) is 30.9. The van der Waals surface area contributed by atoms with Crippen LogP contribution in [-0.2, 0) is 23.8 Å². The van der Waals surface area contributed by atoms with Crippen LogP contribution in [0.15, 0.2) is 280 Å². The number of amides is 3. The van der Waals surface area contributed by atoms with E-state index in [-0.39, 0.29) is 11.7 Å². The van der Waals surface area contributed by atoms with Crippen molar-refractivity contribution >= 4 is 91.5 Å². The molecule has 30 heteroatoms. The molecule has 7 N–H and O–H groups in total. The zero-order valence-corrected chi connectivity index (χ0v) is 73.7. The second-order valence-corrected chi connectivity index (χ2v) is 31.7. The molecule has 7 heterocycles. The van der Waals surface area contributed by atoms with Crippen LogP contribution in [0.5, 0.6) is 34.5 Å². The average Bonchev–Trinajstić information content (AvgIpc) is 1.58. The van der Waals surface area contributed by atoms with E-state index < -0.39 is 23.4 Å². The molecule has 0 saturated carbocycles. The summed E-state index contributed by atoms with van der Waals surface area (Å²) in [5, 5.41) is 25.1. The van der Waals surface area contributed by atoms with Gasteiger partial charge in [0, 0.05) is 80.2 Å². The van der Waals surface area contributed by atoms with Gasteiger partial charge in [0.15, 0.2) is 34.4 Å². The average molecular weight is 1720 g/mol. The number of carbonyl (C=O) groups excluding carboxylic acids is 4. The minimum Gasteiger partial charge on any atom is -0.457 e. The minimum absolute atomic E-state index is 0.100. The van der Waals surface area contributed by atoms with E-state index in [0.717, 1.165) is 82.1 Å².